The van der Waals surface area contributed by atoms with E-state index in [1.54, 1.807) is 20.2 Å². The molecule has 31 heavy (non-hydrogen) atoms. The van der Waals surface area contributed by atoms with Gasteiger partial charge in [0, 0.05) is 48.4 Å². The van der Waals surface area contributed by atoms with Crippen LogP contribution in [0, 0.1) is 16.7 Å². The van der Waals surface area contributed by atoms with Crippen molar-refractivity contribution in [3.8, 4) is 5.75 Å². The van der Waals surface area contributed by atoms with Crippen LogP contribution in [0.5, 0.6) is 5.75 Å². The number of piperidine rings is 1. The standard InChI is InChI=1S/C24H34ClN3O3/c1-14(22(26)20-17(27-3)5-6-18(31-4)21(20)25)9-19(29)28-15-7-8-24(30)12-16(28)11-23(2,10-15)13-24/h5-6,14-16,26-27,30H,7-13H2,1-4H3. The Hall–Kier alpha value is -1.79. The number of anilines is 1. The fourth-order valence-electron chi connectivity index (χ4n) is 6.51. The van der Waals surface area contributed by atoms with Crippen LogP contribution in [-0.2, 0) is 4.79 Å². The largest absolute Gasteiger partial charge is 0.495 e. The van der Waals surface area contributed by atoms with Gasteiger partial charge in [-0.15, -0.1) is 0 Å². The summed E-state index contributed by atoms with van der Waals surface area (Å²) >= 11 is 6.54. The van der Waals surface area contributed by atoms with Gasteiger partial charge in [-0.1, -0.05) is 25.4 Å². The molecule has 4 fully saturated rings. The highest BCUT2D eigenvalue weighted by Gasteiger charge is 2.56. The van der Waals surface area contributed by atoms with Crippen LogP contribution in [0.1, 0.15) is 64.4 Å². The van der Waals surface area contributed by atoms with E-state index in [2.05, 4.69) is 17.1 Å². The Kier molecular flexibility index (Phi) is 5.76. The number of aliphatic hydroxyl groups is 1. The molecule has 4 bridgehead atoms. The van der Waals surface area contributed by atoms with Gasteiger partial charge in [-0.05, 0) is 56.1 Å². The first-order valence-electron chi connectivity index (χ1n) is 11.3. The smallest absolute Gasteiger partial charge is 0.223 e. The first kappa shape index (κ1) is 22.4. The molecule has 6 nitrogen and oxygen atoms in total. The highest BCUT2D eigenvalue weighted by atomic mass is 35.5. The van der Waals surface area contributed by atoms with Crippen LogP contribution in [0.15, 0.2) is 12.1 Å². The molecule has 2 saturated carbocycles. The third kappa shape index (κ3) is 3.93. The lowest BCUT2D eigenvalue weighted by molar-refractivity contribution is -0.149. The average Bonchev–Trinajstić information content (AvgIpc) is 2.86. The zero-order chi connectivity index (χ0) is 22.6. The van der Waals surface area contributed by atoms with Gasteiger partial charge in [-0.2, -0.15) is 0 Å². The molecule has 1 aromatic carbocycles. The first-order chi connectivity index (χ1) is 14.6. The lowest BCUT2D eigenvalue weighted by Crippen LogP contribution is -2.58. The second-order valence-electron chi connectivity index (χ2n) is 10.2. The number of methoxy groups -OCH3 is 1. The predicted octanol–water partition coefficient (Wildman–Crippen LogP) is 4.47. The summed E-state index contributed by atoms with van der Waals surface area (Å²) in [5.74, 6) is 0.313. The Balaban J connectivity index is 1.54. The van der Waals surface area contributed by atoms with Gasteiger partial charge < -0.3 is 25.5 Å². The van der Waals surface area contributed by atoms with Crippen molar-refractivity contribution < 1.29 is 14.6 Å². The molecule has 2 heterocycles. The lowest BCUT2D eigenvalue weighted by Gasteiger charge is -2.54. The summed E-state index contributed by atoms with van der Waals surface area (Å²) in [5.41, 5.74) is 1.16. The second kappa shape index (κ2) is 7.96. The van der Waals surface area contributed by atoms with Crippen molar-refractivity contribution >= 4 is 28.9 Å². The van der Waals surface area contributed by atoms with Crippen molar-refractivity contribution in [3.05, 3.63) is 22.7 Å². The zero-order valence-electron chi connectivity index (χ0n) is 18.9. The number of carbonyl (C=O) groups is 1. The van der Waals surface area contributed by atoms with E-state index in [0.717, 1.165) is 37.8 Å². The van der Waals surface area contributed by atoms with Gasteiger partial charge in [0.2, 0.25) is 5.91 Å². The van der Waals surface area contributed by atoms with E-state index < -0.39 is 5.60 Å². The monoisotopic (exact) mass is 447 g/mol. The molecule has 1 aromatic rings. The van der Waals surface area contributed by atoms with Gasteiger partial charge in [0.1, 0.15) is 5.75 Å². The van der Waals surface area contributed by atoms with Gasteiger partial charge >= 0.3 is 0 Å². The molecule has 2 aliphatic carbocycles. The van der Waals surface area contributed by atoms with Crippen molar-refractivity contribution in [2.45, 2.75) is 76.5 Å². The molecular formula is C24H34ClN3O3. The first-order valence-corrected chi connectivity index (χ1v) is 11.6. The topological polar surface area (TPSA) is 85.7 Å². The van der Waals surface area contributed by atoms with Crippen LogP contribution < -0.4 is 10.1 Å². The van der Waals surface area contributed by atoms with E-state index in [4.69, 9.17) is 21.7 Å². The molecule has 4 aliphatic rings. The molecule has 0 radical (unpaired) electrons. The Morgan fingerprint density at radius 1 is 1.39 bits per heavy atom. The summed E-state index contributed by atoms with van der Waals surface area (Å²) < 4.78 is 5.33. The van der Waals surface area contributed by atoms with Gasteiger partial charge in [0.15, 0.2) is 0 Å². The minimum atomic E-state index is -0.629. The number of hydrogen-bond acceptors (Lipinski definition) is 5. The van der Waals surface area contributed by atoms with E-state index in [9.17, 15) is 9.90 Å². The summed E-state index contributed by atoms with van der Waals surface area (Å²) in [6.07, 6.45) is 5.39. The molecule has 0 aromatic heterocycles. The van der Waals surface area contributed by atoms with Crippen molar-refractivity contribution in [2.75, 3.05) is 19.5 Å². The SMILES string of the molecule is CNc1ccc(OC)c(Cl)c1C(=N)C(C)CC(=O)N1C2CCC3(O)CC1CC(C)(C2)C3. The third-order valence-corrected chi connectivity index (χ3v) is 8.06. The van der Waals surface area contributed by atoms with Crippen molar-refractivity contribution in [2.24, 2.45) is 11.3 Å². The van der Waals surface area contributed by atoms with Crippen LogP contribution in [-0.4, -0.2) is 53.5 Å². The third-order valence-electron chi connectivity index (χ3n) is 7.68. The minimum absolute atomic E-state index is 0.0884. The molecule has 7 heteroatoms. The molecule has 3 N–H and O–H groups in total. The molecule has 1 amide bonds. The van der Waals surface area contributed by atoms with Crippen LogP contribution in [0.3, 0.4) is 0 Å². The summed E-state index contributed by atoms with van der Waals surface area (Å²) in [6, 6.07) is 3.92. The summed E-state index contributed by atoms with van der Waals surface area (Å²) in [7, 11) is 3.34. The molecule has 170 valence electrons. The number of ether oxygens (including phenoxy) is 1. The van der Waals surface area contributed by atoms with Crippen LogP contribution >= 0.6 is 11.6 Å². The number of nitrogens with one attached hydrogen (secondary N) is 2. The number of nitrogens with zero attached hydrogens (tertiary/aromatic N) is 1. The molecule has 2 saturated heterocycles. The van der Waals surface area contributed by atoms with E-state index >= 15 is 0 Å². The minimum Gasteiger partial charge on any atom is -0.495 e. The normalized spacial score (nSPS) is 32.5. The Bertz CT molecular complexity index is 900. The molecule has 5 atom stereocenters. The van der Waals surface area contributed by atoms with Crippen LogP contribution in [0.4, 0.5) is 5.69 Å². The lowest BCUT2D eigenvalue weighted by atomic mass is 9.63. The number of carbonyl (C=O) groups excluding carboxylic acids is 1. The Morgan fingerprint density at radius 3 is 2.77 bits per heavy atom. The second-order valence-corrected chi connectivity index (χ2v) is 10.6. The highest BCUT2D eigenvalue weighted by Crippen LogP contribution is 2.55. The highest BCUT2D eigenvalue weighted by molar-refractivity contribution is 6.36. The molecular weight excluding hydrogens is 414 g/mol. The number of halogens is 1. The van der Waals surface area contributed by atoms with E-state index in [1.807, 2.05) is 13.0 Å². The van der Waals surface area contributed by atoms with E-state index in [1.165, 1.54) is 0 Å². The van der Waals surface area contributed by atoms with Gasteiger partial charge in [-0.25, -0.2) is 0 Å². The predicted molar refractivity (Wildman–Crippen MR) is 123 cm³/mol. The van der Waals surface area contributed by atoms with Crippen LogP contribution in [0.25, 0.3) is 0 Å². The molecule has 0 spiro atoms. The van der Waals surface area contributed by atoms with Crippen molar-refractivity contribution in [1.82, 2.24) is 4.90 Å². The number of rotatable bonds is 6. The van der Waals surface area contributed by atoms with Gasteiger partial charge in [-0.3, -0.25) is 4.79 Å². The van der Waals surface area contributed by atoms with Gasteiger partial charge in [0.05, 0.1) is 17.7 Å². The number of benzene rings is 1. The maximum absolute atomic E-state index is 13.5. The van der Waals surface area contributed by atoms with Gasteiger partial charge in [0.25, 0.3) is 0 Å². The summed E-state index contributed by atoms with van der Waals surface area (Å²) in [4.78, 5) is 15.5. The fourth-order valence-corrected chi connectivity index (χ4v) is 6.86. The van der Waals surface area contributed by atoms with Crippen molar-refractivity contribution in [3.63, 3.8) is 0 Å². The van der Waals surface area contributed by atoms with E-state index in [0.29, 0.717) is 28.5 Å². The molecule has 2 aliphatic heterocycles. The van der Waals surface area contributed by atoms with E-state index in [-0.39, 0.29) is 35.7 Å². The number of amides is 1. The summed E-state index contributed by atoms with van der Waals surface area (Å²) in [5, 5.41) is 23.4. The Labute approximate surface area is 189 Å². The maximum atomic E-state index is 13.5. The average molecular weight is 448 g/mol. The molecule has 5 unspecified atom stereocenters. The quantitative estimate of drug-likeness (QED) is 0.561. The number of fused-ring (bicyclic) bond motifs is 1. The molecule has 5 rings (SSSR count). The Morgan fingerprint density at radius 2 is 2.10 bits per heavy atom. The van der Waals surface area contributed by atoms with Crippen molar-refractivity contribution in [1.29, 1.82) is 5.41 Å². The fraction of sp³-hybridized carbons (Fsp3) is 0.667. The number of hydrogen-bond donors (Lipinski definition) is 3. The van der Waals surface area contributed by atoms with Crippen LogP contribution in [0.2, 0.25) is 5.02 Å². The zero-order valence-corrected chi connectivity index (χ0v) is 19.7. The summed E-state index contributed by atoms with van der Waals surface area (Å²) in [6.45, 7) is 4.18. The maximum Gasteiger partial charge on any atom is 0.223 e.